The second-order valence-electron chi connectivity index (χ2n) is 4.87. The van der Waals surface area contributed by atoms with E-state index in [1.54, 1.807) is 4.90 Å². The fourth-order valence-corrected chi connectivity index (χ4v) is 2.27. The minimum Gasteiger partial charge on any atom is -0.481 e. The third-order valence-corrected chi connectivity index (χ3v) is 3.30. The monoisotopic (exact) mass is 272 g/mol. The summed E-state index contributed by atoms with van der Waals surface area (Å²) in [5, 5.41) is 8.83. The molecule has 1 saturated heterocycles. The highest BCUT2D eigenvalue weighted by Gasteiger charge is 2.28. The van der Waals surface area contributed by atoms with E-state index in [9.17, 15) is 9.59 Å². The predicted molar refractivity (Wildman–Crippen MR) is 70.7 cm³/mol. The molecule has 1 aliphatic heterocycles. The number of carbonyl (C=O) groups is 2. The molecule has 0 bridgehead atoms. The maximum atomic E-state index is 12.1. The second-order valence-corrected chi connectivity index (χ2v) is 4.87. The van der Waals surface area contributed by atoms with E-state index in [-0.39, 0.29) is 18.4 Å². The van der Waals surface area contributed by atoms with Crippen molar-refractivity contribution in [1.29, 1.82) is 0 Å². The Morgan fingerprint density at radius 2 is 2.00 bits per heavy atom. The Bertz CT molecular complexity index is 296. The molecule has 6 nitrogen and oxygen atoms in total. The zero-order valence-corrected chi connectivity index (χ0v) is 11.3. The highest BCUT2D eigenvalue weighted by atomic mass is 16.5. The third-order valence-electron chi connectivity index (χ3n) is 3.30. The van der Waals surface area contributed by atoms with Gasteiger partial charge >= 0.3 is 5.97 Å². The van der Waals surface area contributed by atoms with Crippen LogP contribution in [0.3, 0.4) is 0 Å². The Balaban J connectivity index is 2.32. The van der Waals surface area contributed by atoms with E-state index in [0.717, 1.165) is 25.7 Å². The van der Waals surface area contributed by atoms with Gasteiger partial charge in [-0.25, -0.2) is 0 Å². The van der Waals surface area contributed by atoms with Gasteiger partial charge in [-0.1, -0.05) is 12.8 Å². The van der Waals surface area contributed by atoms with Crippen LogP contribution in [0, 0.1) is 0 Å². The number of nitrogens with two attached hydrogens (primary N) is 1. The molecule has 1 aliphatic rings. The Labute approximate surface area is 113 Å². The number of hydrogen-bond donors (Lipinski definition) is 2. The normalized spacial score (nSPS) is 19.4. The van der Waals surface area contributed by atoms with Gasteiger partial charge in [0.2, 0.25) is 5.91 Å². The van der Waals surface area contributed by atoms with Crippen molar-refractivity contribution in [2.45, 2.75) is 44.6 Å². The molecule has 1 unspecified atom stereocenters. The number of hydrogen-bond acceptors (Lipinski definition) is 4. The minimum atomic E-state index is -0.892. The Morgan fingerprint density at radius 1 is 1.26 bits per heavy atom. The van der Waals surface area contributed by atoms with Gasteiger partial charge in [0.05, 0.1) is 25.7 Å². The smallest absolute Gasteiger partial charge is 0.305 e. The van der Waals surface area contributed by atoms with Gasteiger partial charge in [-0.3, -0.25) is 9.59 Å². The summed E-state index contributed by atoms with van der Waals surface area (Å²) in [7, 11) is 0. The van der Waals surface area contributed by atoms with Crippen molar-refractivity contribution >= 4 is 11.9 Å². The van der Waals surface area contributed by atoms with E-state index >= 15 is 0 Å². The number of rotatable bonds is 8. The molecule has 0 saturated carbocycles. The number of amides is 1. The number of carboxylic acid groups (broad SMARTS) is 1. The standard InChI is InChI=1S/C13H24N2O4/c14-6-4-2-1-3-5-12(16)15-7-8-19-10-11(15)9-13(17)18/h11H,1-10,14H2,(H,17,18). The molecular weight excluding hydrogens is 248 g/mol. The molecule has 6 heteroatoms. The molecule has 0 aromatic carbocycles. The van der Waals surface area contributed by atoms with Crippen LogP contribution in [0.1, 0.15) is 38.5 Å². The van der Waals surface area contributed by atoms with Crippen molar-refractivity contribution < 1.29 is 19.4 Å². The van der Waals surface area contributed by atoms with Gasteiger partial charge < -0.3 is 20.5 Å². The third kappa shape index (κ3) is 6.02. The first kappa shape index (κ1) is 15.9. The van der Waals surface area contributed by atoms with Crippen LogP contribution in [-0.2, 0) is 14.3 Å². The number of carbonyl (C=O) groups excluding carboxylic acids is 1. The van der Waals surface area contributed by atoms with Gasteiger partial charge in [-0.15, -0.1) is 0 Å². The topological polar surface area (TPSA) is 92.9 Å². The van der Waals surface area contributed by atoms with Crippen LogP contribution in [0.2, 0.25) is 0 Å². The molecule has 1 heterocycles. The highest BCUT2D eigenvalue weighted by molar-refractivity contribution is 5.77. The van der Waals surface area contributed by atoms with Crippen molar-refractivity contribution in [1.82, 2.24) is 4.90 Å². The molecule has 0 aliphatic carbocycles. The number of aliphatic carboxylic acids is 1. The molecule has 0 aromatic heterocycles. The molecule has 0 radical (unpaired) electrons. The van der Waals surface area contributed by atoms with Gasteiger partial charge in [-0.05, 0) is 19.4 Å². The summed E-state index contributed by atoms with van der Waals surface area (Å²) < 4.78 is 5.25. The first-order valence-corrected chi connectivity index (χ1v) is 6.94. The van der Waals surface area contributed by atoms with E-state index < -0.39 is 5.97 Å². The average molecular weight is 272 g/mol. The number of ether oxygens (including phenoxy) is 1. The molecule has 0 spiro atoms. The first-order valence-electron chi connectivity index (χ1n) is 6.94. The maximum Gasteiger partial charge on any atom is 0.305 e. The predicted octanol–water partition coefficient (Wildman–Crippen LogP) is 0.598. The lowest BCUT2D eigenvalue weighted by atomic mass is 10.1. The summed E-state index contributed by atoms with van der Waals surface area (Å²) in [6.45, 7) is 2.01. The molecule has 3 N–H and O–H groups in total. The van der Waals surface area contributed by atoms with Crippen LogP contribution < -0.4 is 5.73 Å². The summed E-state index contributed by atoms with van der Waals surface area (Å²) in [5.41, 5.74) is 5.41. The molecular formula is C13H24N2O4. The first-order chi connectivity index (χ1) is 9.15. The summed E-state index contributed by atoms with van der Waals surface area (Å²) in [4.78, 5) is 24.5. The van der Waals surface area contributed by atoms with Crippen LogP contribution in [0.5, 0.6) is 0 Å². The molecule has 19 heavy (non-hydrogen) atoms. The van der Waals surface area contributed by atoms with E-state index in [0.29, 0.717) is 32.7 Å². The van der Waals surface area contributed by atoms with Crippen LogP contribution in [0.25, 0.3) is 0 Å². The van der Waals surface area contributed by atoms with Crippen LogP contribution in [0.4, 0.5) is 0 Å². The molecule has 1 rings (SSSR count). The quantitative estimate of drug-likeness (QED) is 0.631. The van der Waals surface area contributed by atoms with Crippen molar-refractivity contribution in [3.8, 4) is 0 Å². The number of unbranched alkanes of at least 4 members (excludes halogenated alkanes) is 3. The largest absolute Gasteiger partial charge is 0.481 e. The molecule has 1 amide bonds. The van der Waals surface area contributed by atoms with Gasteiger partial charge in [0.15, 0.2) is 0 Å². The highest BCUT2D eigenvalue weighted by Crippen LogP contribution is 2.14. The zero-order chi connectivity index (χ0) is 14.1. The van der Waals surface area contributed by atoms with Crippen LogP contribution in [0.15, 0.2) is 0 Å². The van der Waals surface area contributed by atoms with Crippen molar-refractivity contribution in [3.63, 3.8) is 0 Å². The second kappa shape index (κ2) is 8.87. The van der Waals surface area contributed by atoms with Crippen LogP contribution >= 0.6 is 0 Å². The molecule has 1 fully saturated rings. The lowest BCUT2D eigenvalue weighted by Crippen LogP contribution is -2.49. The van der Waals surface area contributed by atoms with Crippen molar-refractivity contribution in [2.75, 3.05) is 26.3 Å². The van der Waals surface area contributed by atoms with Gasteiger partial charge in [0, 0.05) is 13.0 Å². The average Bonchev–Trinajstić information content (AvgIpc) is 2.38. The SMILES string of the molecule is NCCCCCCC(=O)N1CCOCC1CC(=O)O. The fourth-order valence-electron chi connectivity index (χ4n) is 2.27. The Hall–Kier alpha value is -1.14. The van der Waals surface area contributed by atoms with E-state index in [1.807, 2.05) is 0 Å². The van der Waals surface area contributed by atoms with Gasteiger partial charge in [0.1, 0.15) is 0 Å². The van der Waals surface area contributed by atoms with Crippen molar-refractivity contribution in [2.24, 2.45) is 5.73 Å². The Kier molecular flexibility index (Phi) is 7.43. The molecule has 110 valence electrons. The summed E-state index contributed by atoms with van der Waals surface area (Å²) in [5.74, 6) is -0.849. The Morgan fingerprint density at radius 3 is 2.68 bits per heavy atom. The van der Waals surface area contributed by atoms with Crippen molar-refractivity contribution in [3.05, 3.63) is 0 Å². The lowest BCUT2D eigenvalue weighted by molar-refractivity contribution is -0.146. The molecule has 1 atom stereocenters. The molecule has 0 aromatic rings. The van der Waals surface area contributed by atoms with Crippen LogP contribution in [-0.4, -0.2) is 54.2 Å². The zero-order valence-electron chi connectivity index (χ0n) is 11.3. The van der Waals surface area contributed by atoms with Gasteiger partial charge in [-0.2, -0.15) is 0 Å². The lowest BCUT2D eigenvalue weighted by Gasteiger charge is -2.35. The number of morpholine rings is 1. The van der Waals surface area contributed by atoms with Gasteiger partial charge in [0.25, 0.3) is 0 Å². The number of carboxylic acids is 1. The summed E-state index contributed by atoms with van der Waals surface area (Å²) >= 11 is 0. The summed E-state index contributed by atoms with van der Waals surface area (Å²) in [6, 6.07) is -0.317. The van der Waals surface area contributed by atoms with E-state index in [1.165, 1.54) is 0 Å². The maximum absolute atomic E-state index is 12.1. The van der Waals surface area contributed by atoms with E-state index in [4.69, 9.17) is 15.6 Å². The summed E-state index contributed by atoms with van der Waals surface area (Å²) in [6.07, 6.45) is 4.32. The fraction of sp³-hybridized carbons (Fsp3) is 0.846. The minimum absolute atomic E-state index is 0.0427. The van der Waals surface area contributed by atoms with E-state index in [2.05, 4.69) is 0 Å². The number of nitrogens with zero attached hydrogens (tertiary/aromatic N) is 1.